The fraction of sp³-hybridized carbons (Fsp3) is 0.353. The summed E-state index contributed by atoms with van der Waals surface area (Å²) in [4.78, 5) is 4.44. The first kappa shape index (κ1) is 13.2. The molecule has 0 aliphatic carbocycles. The van der Waals surface area contributed by atoms with Crippen LogP contribution in [0, 0.1) is 6.92 Å². The average Bonchev–Trinajstić information content (AvgIpc) is 3.10. The molecule has 112 valence electrons. The molecule has 0 saturated carbocycles. The summed E-state index contributed by atoms with van der Waals surface area (Å²) < 4.78 is 2.24. The zero-order valence-electron chi connectivity index (χ0n) is 12.9. The molecule has 1 N–H and O–H groups in total. The molecular formula is C17H19N5. The quantitative estimate of drug-likeness (QED) is 0.805. The maximum absolute atomic E-state index is 4.44. The Balaban J connectivity index is 1.69. The first-order chi connectivity index (χ1) is 10.7. The molecule has 0 amide bonds. The molecule has 4 rings (SSSR count). The Hall–Kier alpha value is -2.43. The van der Waals surface area contributed by atoms with Crippen molar-refractivity contribution in [3.05, 3.63) is 47.7 Å². The highest BCUT2D eigenvalue weighted by Gasteiger charge is 2.21. The molecule has 1 unspecified atom stereocenters. The highest BCUT2D eigenvalue weighted by atomic mass is 15.3. The van der Waals surface area contributed by atoms with Crippen LogP contribution in [-0.2, 0) is 13.0 Å². The largest absolute Gasteiger partial charge is 0.375 e. The number of anilines is 1. The van der Waals surface area contributed by atoms with Gasteiger partial charge in [-0.3, -0.25) is 4.98 Å². The summed E-state index contributed by atoms with van der Waals surface area (Å²) in [7, 11) is 0. The molecular weight excluding hydrogens is 274 g/mol. The van der Waals surface area contributed by atoms with Gasteiger partial charge in [0, 0.05) is 30.2 Å². The summed E-state index contributed by atoms with van der Waals surface area (Å²) in [5, 5.41) is 13.4. The molecule has 1 aliphatic rings. The second kappa shape index (κ2) is 5.09. The Morgan fingerprint density at radius 2 is 2.14 bits per heavy atom. The van der Waals surface area contributed by atoms with Gasteiger partial charge in [-0.2, -0.15) is 0 Å². The summed E-state index contributed by atoms with van der Waals surface area (Å²) >= 11 is 0. The van der Waals surface area contributed by atoms with Gasteiger partial charge >= 0.3 is 0 Å². The molecule has 1 atom stereocenters. The van der Waals surface area contributed by atoms with Crippen molar-refractivity contribution in [1.29, 1.82) is 0 Å². The minimum Gasteiger partial charge on any atom is -0.375 e. The fourth-order valence-corrected chi connectivity index (χ4v) is 3.18. The highest BCUT2D eigenvalue weighted by Crippen LogP contribution is 2.27. The van der Waals surface area contributed by atoms with Crippen LogP contribution in [0.15, 0.2) is 30.5 Å². The van der Waals surface area contributed by atoms with Gasteiger partial charge in [0.25, 0.3) is 0 Å². The molecule has 0 spiro atoms. The van der Waals surface area contributed by atoms with Gasteiger partial charge in [0.05, 0.1) is 11.6 Å². The zero-order valence-corrected chi connectivity index (χ0v) is 12.9. The minimum absolute atomic E-state index is 0.116. The maximum Gasteiger partial charge on any atom is 0.155 e. The number of benzene rings is 1. The van der Waals surface area contributed by atoms with E-state index in [1.165, 1.54) is 12.0 Å². The predicted octanol–water partition coefficient (Wildman–Crippen LogP) is 3.25. The van der Waals surface area contributed by atoms with E-state index in [1.54, 1.807) is 0 Å². The molecule has 0 bridgehead atoms. The van der Waals surface area contributed by atoms with Crippen molar-refractivity contribution in [3.63, 3.8) is 0 Å². The number of pyridine rings is 1. The van der Waals surface area contributed by atoms with E-state index in [0.29, 0.717) is 0 Å². The van der Waals surface area contributed by atoms with E-state index in [0.717, 1.165) is 41.2 Å². The fourth-order valence-electron chi connectivity index (χ4n) is 3.18. The van der Waals surface area contributed by atoms with Crippen LogP contribution in [0.3, 0.4) is 0 Å². The second-order valence-electron chi connectivity index (χ2n) is 5.97. The lowest BCUT2D eigenvalue weighted by Gasteiger charge is -2.16. The molecule has 22 heavy (non-hydrogen) atoms. The van der Waals surface area contributed by atoms with Crippen LogP contribution in [0.25, 0.3) is 10.9 Å². The SMILES string of the molecule is Cc1ccc2nccc(NC(C)c3nnc4n3CCC4)c2c1. The van der Waals surface area contributed by atoms with Crippen molar-refractivity contribution in [2.45, 2.75) is 39.3 Å². The third-order valence-corrected chi connectivity index (χ3v) is 4.29. The molecule has 0 radical (unpaired) electrons. The smallest absolute Gasteiger partial charge is 0.155 e. The van der Waals surface area contributed by atoms with Gasteiger partial charge in [-0.15, -0.1) is 10.2 Å². The average molecular weight is 293 g/mol. The van der Waals surface area contributed by atoms with E-state index >= 15 is 0 Å². The van der Waals surface area contributed by atoms with Gasteiger partial charge in [-0.25, -0.2) is 0 Å². The third-order valence-electron chi connectivity index (χ3n) is 4.29. The van der Waals surface area contributed by atoms with Crippen LogP contribution in [-0.4, -0.2) is 19.7 Å². The van der Waals surface area contributed by atoms with Gasteiger partial charge in [-0.1, -0.05) is 11.6 Å². The number of aromatic nitrogens is 4. The number of nitrogens with one attached hydrogen (secondary N) is 1. The van der Waals surface area contributed by atoms with Gasteiger partial charge in [-0.05, 0) is 38.5 Å². The summed E-state index contributed by atoms with van der Waals surface area (Å²) in [5.74, 6) is 2.13. The first-order valence-electron chi connectivity index (χ1n) is 7.76. The monoisotopic (exact) mass is 293 g/mol. The van der Waals surface area contributed by atoms with Gasteiger partial charge < -0.3 is 9.88 Å². The summed E-state index contributed by atoms with van der Waals surface area (Å²) in [5.41, 5.74) is 3.34. The summed E-state index contributed by atoms with van der Waals surface area (Å²) in [6.45, 7) is 5.27. The van der Waals surface area contributed by atoms with E-state index in [2.05, 4.69) is 57.1 Å². The van der Waals surface area contributed by atoms with Crippen molar-refractivity contribution in [2.24, 2.45) is 0 Å². The van der Waals surface area contributed by atoms with Crippen LogP contribution in [0.2, 0.25) is 0 Å². The lowest BCUT2D eigenvalue weighted by molar-refractivity contribution is 0.652. The van der Waals surface area contributed by atoms with E-state index in [1.807, 2.05) is 12.3 Å². The van der Waals surface area contributed by atoms with Crippen LogP contribution in [0.5, 0.6) is 0 Å². The van der Waals surface area contributed by atoms with Crippen molar-refractivity contribution in [1.82, 2.24) is 19.7 Å². The number of rotatable bonds is 3. The first-order valence-corrected chi connectivity index (χ1v) is 7.76. The van der Waals surface area contributed by atoms with Gasteiger partial charge in [0.1, 0.15) is 5.82 Å². The van der Waals surface area contributed by atoms with Crippen LogP contribution < -0.4 is 5.32 Å². The summed E-state index contributed by atoms with van der Waals surface area (Å²) in [6, 6.07) is 8.47. The lowest BCUT2D eigenvalue weighted by Crippen LogP contribution is -2.13. The zero-order chi connectivity index (χ0) is 15.1. The number of hydrogen-bond acceptors (Lipinski definition) is 4. The van der Waals surface area contributed by atoms with Crippen molar-refractivity contribution < 1.29 is 0 Å². The Morgan fingerprint density at radius 3 is 3.05 bits per heavy atom. The Morgan fingerprint density at radius 1 is 1.23 bits per heavy atom. The molecule has 0 saturated heterocycles. The van der Waals surface area contributed by atoms with Gasteiger partial charge in [0.2, 0.25) is 0 Å². The third kappa shape index (κ3) is 2.13. The van der Waals surface area contributed by atoms with E-state index in [4.69, 9.17) is 0 Å². The molecule has 3 heterocycles. The molecule has 2 aromatic heterocycles. The Kier molecular flexibility index (Phi) is 3.06. The molecule has 5 nitrogen and oxygen atoms in total. The lowest BCUT2D eigenvalue weighted by atomic mass is 10.1. The van der Waals surface area contributed by atoms with E-state index < -0.39 is 0 Å². The van der Waals surface area contributed by atoms with Crippen LogP contribution in [0.4, 0.5) is 5.69 Å². The topological polar surface area (TPSA) is 55.6 Å². The minimum atomic E-state index is 0.116. The van der Waals surface area contributed by atoms with Crippen LogP contribution >= 0.6 is 0 Å². The van der Waals surface area contributed by atoms with Crippen molar-refractivity contribution >= 4 is 16.6 Å². The standard InChI is InChI=1S/C17H19N5/c1-11-5-6-14-13(10-11)15(7-8-18-14)19-12(2)17-21-20-16-4-3-9-22(16)17/h5-8,10,12H,3-4,9H2,1-2H3,(H,18,19). The number of fused-ring (bicyclic) bond motifs is 2. The molecule has 1 aliphatic heterocycles. The summed E-state index contributed by atoms with van der Waals surface area (Å²) in [6.07, 6.45) is 4.06. The van der Waals surface area contributed by atoms with E-state index in [-0.39, 0.29) is 6.04 Å². The maximum atomic E-state index is 4.44. The highest BCUT2D eigenvalue weighted by molar-refractivity contribution is 5.91. The Bertz CT molecular complexity index is 836. The van der Waals surface area contributed by atoms with Crippen molar-refractivity contribution in [3.8, 4) is 0 Å². The predicted molar refractivity (Wildman–Crippen MR) is 86.9 cm³/mol. The van der Waals surface area contributed by atoms with Crippen LogP contribution in [0.1, 0.15) is 36.6 Å². The molecule has 3 aromatic rings. The molecule has 0 fully saturated rings. The molecule has 5 heteroatoms. The molecule has 1 aromatic carbocycles. The van der Waals surface area contributed by atoms with E-state index in [9.17, 15) is 0 Å². The van der Waals surface area contributed by atoms with Gasteiger partial charge in [0.15, 0.2) is 5.82 Å². The normalized spacial score (nSPS) is 15.0. The second-order valence-corrected chi connectivity index (χ2v) is 5.97. The Labute approximate surface area is 129 Å². The number of aryl methyl sites for hydroxylation is 2. The number of nitrogens with zero attached hydrogens (tertiary/aromatic N) is 4. The van der Waals surface area contributed by atoms with Crippen molar-refractivity contribution in [2.75, 3.05) is 5.32 Å². The number of hydrogen-bond donors (Lipinski definition) is 1.